The average molecular weight is 179 g/mol. The van der Waals surface area contributed by atoms with Crippen molar-refractivity contribution in [2.24, 2.45) is 5.73 Å². The van der Waals surface area contributed by atoms with Gasteiger partial charge < -0.3 is 15.1 Å². The van der Waals surface area contributed by atoms with Crippen LogP contribution >= 0.6 is 0 Å². The van der Waals surface area contributed by atoms with Gasteiger partial charge in [-0.2, -0.15) is 0 Å². The first-order valence-corrected chi connectivity index (χ1v) is 4.40. The summed E-state index contributed by atoms with van der Waals surface area (Å²) in [6.07, 6.45) is 3.92. The molecule has 0 bridgehead atoms. The molecule has 1 saturated carbocycles. The summed E-state index contributed by atoms with van der Waals surface area (Å²) >= 11 is 0. The lowest BCUT2D eigenvalue weighted by Gasteiger charge is -2.20. The molecule has 1 aliphatic carbocycles. The van der Waals surface area contributed by atoms with E-state index in [2.05, 4.69) is 0 Å². The lowest BCUT2D eigenvalue weighted by atomic mass is 10.4. The van der Waals surface area contributed by atoms with E-state index < -0.39 is 0 Å². The average Bonchev–Trinajstić information content (AvgIpc) is 2.79. The highest BCUT2D eigenvalue weighted by Crippen LogP contribution is 2.27. The molecule has 4 heteroatoms. The summed E-state index contributed by atoms with van der Waals surface area (Å²) in [6, 6.07) is 4.21. The SMILES string of the molecule is N=C(N)N(Cc1ccco1)C1CC1. The van der Waals surface area contributed by atoms with E-state index in [1.807, 2.05) is 17.0 Å². The Kier molecular flexibility index (Phi) is 1.96. The van der Waals surface area contributed by atoms with E-state index in [1.165, 1.54) is 0 Å². The highest BCUT2D eigenvalue weighted by Gasteiger charge is 2.30. The molecule has 0 radical (unpaired) electrons. The van der Waals surface area contributed by atoms with Crippen molar-refractivity contribution in [2.45, 2.75) is 25.4 Å². The zero-order chi connectivity index (χ0) is 9.26. The molecule has 0 unspecified atom stereocenters. The highest BCUT2D eigenvalue weighted by molar-refractivity contribution is 5.75. The fourth-order valence-electron chi connectivity index (χ4n) is 1.37. The van der Waals surface area contributed by atoms with E-state index in [0.717, 1.165) is 18.6 Å². The third-order valence-corrected chi connectivity index (χ3v) is 2.20. The maximum Gasteiger partial charge on any atom is 0.189 e. The van der Waals surface area contributed by atoms with E-state index in [0.29, 0.717) is 12.6 Å². The molecular weight excluding hydrogens is 166 g/mol. The van der Waals surface area contributed by atoms with Crippen LogP contribution < -0.4 is 5.73 Å². The fraction of sp³-hybridized carbons (Fsp3) is 0.444. The molecule has 70 valence electrons. The van der Waals surface area contributed by atoms with E-state index in [-0.39, 0.29) is 5.96 Å². The molecule has 0 atom stereocenters. The standard InChI is InChI=1S/C9H13N3O/c10-9(11)12(7-3-4-7)6-8-2-1-5-13-8/h1-2,5,7H,3-4,6H2,(H3,10,11). The molecule has 1 aliphatic rings. The van der Waals surface area contributed by atoms with Gasteiger partial charge >= 0.3 is 0 Å². The minimum absolute atomic E-state index is 0.138. The van der Waals surface area contributed by atoms with Gasteiger partial charge in [0.05, 0.1) is 12.8 Å². The molecule has 0 amide bonds. The van der Waals surface area contributed by atoms with Gasteiger partial charge in [-0.05, 0) is 25.0 Å². The van der Waals surface area contributed by atoms with Gasteiger partial charge in [-0.15, -0.1) is 0 Å². The zero-order valence-corrected chi connectivity index (χ0v) is 7.36. The van der Waals surface area contributed by atoms with Crippen molar-refractivity contribution in [3.8, 4) is 0 Å². The number of nitrogens with zero attached hydrogens (tertiary/aromatic N) is 1. The van der Waals surface area contributed by atoms with Crippen molar-refractivity contribution in [1.29, 1.82) is 5.41 Å². The summed E-state index contributed by atoms with van der Waals surface area (Å²) in [7, 11) is 0. The van der Waals surface area contributed by atoms with Crippen LogP contribution in [0.4, 0.5) is 0 Å². The second-order valence-electron chi connectivity index (χ2n) is 3.32. The number of rotatable bonds is 3. The molecule has 1 heterocycles. The molecule has 4 nitrogen and oxygen atoms in total. The summed E-state index contributed by atoms with van der Waals surface area (Å²) in [6.45, 7) is 0.618. The molecule has 0 saturated heterocycles. The van der Waals surface area contributed by atoms with Crippen LogP contribution in [0.15, 0.2) is 22.8 Å². The Morgan fingerprint density at radius 2 is 2.46 bits per heavy atom. The minimum atomic E-state index is 0.138. The number of nitrogens with two attached hydrogens (primary N) is 1. The molecule has 3 N–H and O–H groups in total. The maximum absolute atomic E-state index is 7.39. The molecule has 1 aromatic rings. The molecule has 1 fully saturated rings. The van der Waals surface area contributed by atoms with Crippen LogP contribution in [-0.4, -0.2) is 16.9 Å². The summed E-state index contributed by atoms with van der Waals surface area (Å²) in [5, 5.41) is 7.39. The Morgan fingerprint density at radius 3 is 2.92 bits per heavy atom. The minimum Gasteiger partial charge on any atom is -0.467 e. The first-order chi connectivity index (χ1) is 6.27. The third-order valence-electron chi connectivity index (χ3n) is 2.20. The van der Waals surface area contributed by atoms with Crippen molar-refractivity contribution in [1.82, 2.24) is 4.90 Å². The topological polar surface area (TPSA) is 66.2 Å². The van der Waals surface area contributed by atoms with E-state index in [9.17, 15) is 0 Å². The molecule has 0 aromatic carbocycles. The van der Waals surface area contributed by atoms with Crippen molar-refractivity contribution < 1.29 is 4.42 Å². The lowest BCUT2D eigenvalue weighted by molar-refractivity contribution is 0.348. The van der Waals surface area contributed by atoms with Crippen molar-refractivity contribution in [2.75, 3.05) is 0 Å². The molecule has 13 heavy (non-hydrogen) atoms. The Balaban J connectivity index is 2.01. The maximum atomic E-state index is 7.39. The first kappa shape index (κ1) is 8.16. The Morgan fingerprint density at radius 1 is 1.69 bits per heavy atom. The van der Waals surface area contributed by atoms with Gasteiger partial charge in [-0.1, -0.05) is 0 Å². The second kappa shape index (κ2) is 3.12. The number of hydrogen-bond acceptors (Lipinski definition) is 2. The van der Waals surface area contributed by atoms with E-state index >= 15 is 0 Å². The molecular formula is C9H13N3O. The second-order valence-corrected chi connectivity index (χ2v) is 3.32. The Hall–Kier alpha value is -1.45. The van der Waals surface area contributed by atoms with Gasteiger partial charge in [0.2, 0.25) is 0 Å². The van der Waals surface area contributed by atoms with Crippen LogP contribution in [0.2, 0.25) is 0 Å². The number of guanidine groups is 1. The van der Waals surface area contributed by atoms with Gasteiger partial charge in [-0.25, -0.2) is 0 Å². The highest BCUT2D eigenvalue weighted by atomic mass is 16.3. The molecule has 0 spiro atoms. The summed E-state index contributed by atoms with van der Waals surface area (Å²) < 4.78 is 5.20. The summed E-state index contributed by atoms with van der Waals surface area (Å²) in [5.41, 5.74) is 5.46. The van der Waals surface area contributed by atoms with Gasteiger partial charge in [0, 0.05) is 6.04 Å². The third kappa shape index (κ3) is 1.83. The van der Waals surface area contributed by atoms with E-state index in [1.54, 1.807) is 6.26 Å². The van der Waals surface area contributed by atoms with Crippen molar-refractivity contribution in [3.63, 3.8) is 0 Å². The van der Waals surface area contributed by atoms with Crippen LogP contribution in [0.3, 0.4) is 0 Å². The van der Waals surface area contributed by atoms with Crippen molar-refractivity contribution >= 4 is 5.96 Å². The summed E-state index contributed by atoms with van der Waals surface area (Å²) in [5.74, 6) is 1.00. The zero-order valence-electron chi connectivity index (χ0n) is 7.36. The molecule has 1 aromatic heterocycles. The van der Waals surface area contributed by atoms with Crippen LogP contribution in [-0.2, 0) is 6.54 Å². The monoisotopic (exact) mass is 179 g/mol. The quantitative estimate of drug-likeness (QED) is 0.540. The largest absolute Gasteiger partial charge is 0.467 e. The van der Waals surface area contributed by atoms with Gasteiger partial charge in [0.1, 0.15) is 5.76 Å². The van der Waals surface area contributed by atoms with Gasteiger partial charge in [0.25, 0.3) is 0 Å². The van der Waals surface area contributed by atoms with Gasteiger partial charge in [-0.3, -0.25) is 5.41 Å². The number of nitrogens with one attached hydrogen (secondary N) is 1. The van der Waals surface area contributed by atoms with Crippen LogP contribution in [0.5, 0.6) is 0 Å². The summed E-state index contributed by atoms with van der Waals surface area (Å²) in [4.78, 5) is 1.87. The first-order valence-electron chi connectivity index (χ1n) is 4.40. The number of hydrogen-bond donors (Lipinski definition) is 2. The Bertz CT molecular complexity index is 290. The Labute approximate surface area is 76.8 Å². The lowest BCUT2D eigenvalue weighted by Crippen LogP contribution is -2.37. The normalized spacial score (nSPS) is 15.7. The van der Waals surface area contributed by atoms with Crippen LogP contribution in [0.25, 0.3) is 0 Å². The predicted molar refractivity (Wildman–Crippen MR) is 49.2 cm³/mol. The van der Waals surface area contributed by atoms with Crippen LogP contribution in [0.1, 0.15) is 18.6 Å². The molecule has 2 rings (SSSR count). The predicted octanol–water partition coefficient (Wildman–Crippen LogP) is 1.14. The van der Waals surface area contributed by atoms with Crippen LogP contribution in [0, 0.1) is 5.41 Å². The van der Waals surface area contributed by atoms with Crippen molar-refractivity contribution in [3.05, 3.63) is 24.2 Å². The van der Waals surface area contributed by atoms with E-state index in [4.69, 9.17) is 15.6 Å². The number of furan rings is 1. The molecule has 0 aliphatic heterocycles. The smallest absolute Gasteiger partial charge is 0.189 e. The fourth-order valence-corrected chi connectivity index (χ4v) is 1.37. The van der Waals surface area contributed by atoms with Gasteiger partial charge in [0.15, 0.2) is 5.96 Å².